The van der Waals surface area contributed by atoms with Gasteiger partial charge in [-0.1, -0.05) is 122 Å². The smallest absolute Gasteiger partial charge is 0.183 e. The first-order valence-corrected chi connectivity index (χ1v) is 20.3. The molecule has 1 aromatic heterocycles. The van der Waals surface area contributed by atoms with Gasteiger partial charge in [0.2, 0.25) is 0 Å². The highest BCUT2D eigenvalue weighted by Crippen LogP contribution is 2.21. The second-order valence-corrected chi connectivity index (χ2v) is 17.9. The number of hydrogen-bond donors (Lipinski definition) is 1. The molecule has 0 aliphatic carbocycles. The first kappa shape index (κ1) is 50.5. The Labute approximate surface area is 302 Å². The zero-order valence-corrected chi connectivity index (χ0v) is 36.5. The van der Waals surface area contributed by atoms with Crippen LogP contribution in [0.1, 0.15) is 169 Å². The monoisotopic (exact) mass is 681 g/mol. The summed E-state index contributed by atoms with van der Waals surface area (Å²) < 4.78 is 0. The van der Waals surface area contributed by atoms with Crippen LogP contribution in [0, 0.1) is 35.5 Å². The summed E-state index contributed by atoms with van der Waals surface area (Å²) in [5.74, 6) is 5.47. The van der Waals surface area contributed by atoms with Gasteiger partial charge >= 0.3 is 0 Å². The molecule has 0 saturated carbocycles. The van der Waals surface area contributed by atoms with Crippen molar-refractivity contribution in [2.75, 3.05) is 31.5 Å². The van der Waals surface area contributed by atoms with Crippen molar-refractivity contribution in [1.29, 1.82) is 0 Å². The van der Waals surface area contributed by atoms with E-state index in [0.717, 1.165) is 40.9 Å². The average Bonchev–Trinajstić information content (AvgIpc) is 3.40. The van der Waals surface area contributed by atoms with E-state index in [0.29, 0.717) is 23.8 Å². The van der Waals surface area contributed by atoms with E-state index in [1.807, 2.05) is 0 Å². The van der Waals surface area contributed by atoms with Crippen LogP contribution in [0.15, 0.2) is 17.5 Å². The summed E-state index contributed by atoms with van der Waals surface area (Å²) in [7, 11) is 0. The summed E-state index contributed by atoms with van der Waals surface area (Å²) in [4.78, 5) is 9.57. The van der Waals surface area contributed by atoms with Gasteiger partial charge in [-0.3, -0.25) is 9.80 Å². The second-order valence-electron chi connectivity index (χ2n) is 17.1. The quantitative estimate of drug-likeness (QED) is 0.223. The molecule has 5 heteroatoms. The lowest BCUT2D eigenvalue weighted by molar-refractivity contribution is 0.0887. The van der Waals surface area contributed by atoms with Crippen molar-refractivity contribution in [3.8, 4) is 0 Å². The van der Waals surface area contributed by atoms with Gasteiger partial charge in [-0.15, -0.1) is 11.3 Å². The molecular formula is C42H88N4S. The molecule has 1 aliphatic heterocycles. The molecule has 0 atom stereocenters. The van der Waals surface area contributed by atoms with E-state index in [1.165, 1.54) is 51.1 Å². The molecule has 0 aromatic carbocycles. The molecule has 4 nitrogen and oxygen atoms in total. The maximum Gasteiger partial charge on any atom is 0.183 e. The number of nitrogens with zero attached hydrogens (tertiary/aromatic N) is 3. The van der Waals surface area contributed by atoms with Crippen molar-refractivity contribution in [3.05, 3.63) is 23.2 Å². The lowest BCUT2D eigenvalue weighted by Crippen LogP contribution is -2.50. The minimum Gasteiger partial charge on any atom is -0.359 e. The van der Waals surface area contributed by atoms with Crippen LogP contribution >= 0.6 is 11.3 Å². The minimum atomic E-state index is 0.469. The van der Waals surface area contributed by atoms with Crippen LogP contribution in [0.2, 0.25) is 0 Å². The maximum absolute atomic E-state index is 4.46. The fourth-order valence-electron chi connectivity index (χ4n) is 4.69. The van der Waals surface area contributed by atoms with Crippen LogP contribution in [-0.2, 0) is 0 Å². The fourth-order valence-corrected chi connectivity index (χ4v) is 5.71. The average molecular weight is 681 g/mol. The van der Waals surface area contributed by atoms with Crippen molar-refractivity contribution in [2.24, 2.45) is 35.5 Å². The fraction of sp³-hybridized carbons (Fsp3) is 0.881. The molecule has 0 spiro atoms. The molecule has 0 unspecified atom stereocenters. The molecule has 0 amide bonds. The van der Waals surface area contributed by atoms with Gasteiger partial charge in [-0.2, -0.15) is 0 Å². The summed E-state index contributed by atoms with van der Waals surface area (Å²) in [6, 6.07) is 1.91. The molecule has 0 bridgehead atoms. The maximum atomic E-state index is 4.46. The van der Waals surface area contributed by atoms with Crippen molar-refractivity contribution in [2.45, 2.75) is 182 Å². The van der Waals surface area contributed by atoms with Crippen LogP contribution in [0.25, 0.3) is 0 Å². The van der Waals surface area contributed by atoms with Crippen LogP contribution in [0.5, 0.6) is 0 Å². The minimum absolute atomic E-state index is 0.469. The van der Waals surface area contributed by atoms with Crippen LogP contribution in [0.3, 0.4) is 0 Å². The highest BCUT2D eigenvalue weighted by molar-refractivity contribution is 7.13. The topological polar surface area (TPSA) is 31.4 Å². The zero-order valence-electron chi connectivity index (χ0n) is 35.7. The number of thiazole rings is 1. The first-order chi connectivity index (χ1) is 21.6. The van der Waals surface area contributed by atoms with E-state index in [4.69, 9.17) is 0 Å². The number of aromatic nitrogens is 1. The molecule has 1 aliphatic rings. The van der Waals surface area contributed by atoms with Crippen molar-refractivity contribution >= 4 is 16.5 Å². The van der Waals surface area contributed by atoms with Gasteiger partial charge in [0.1, 0.15) is 0 Å². The van der Waals surface area contributed by atoms with E-state index >= 15 is 0 Å². The molecule has 2 heterocycles. The Kier molecular flexibility index (Phi) is 32.2. The summed E-state index contributed by atoms with van der Waals surface area (Å²) in [6.45, 7) is 49.6. The number of allylic oxidation sites excluding steroid dienone is 2. The first-order valence-electron chi connectivity index (χ1n) is 19.5. The van der Waals surface area contributed by atoms with Crippen molar-refractivity contribution in [3.63, 3.8) is 0 Å². The Morgan fingerprint density at radius 1 is 0.596 bits per heavy atom. The molecule has 1 N–H and O–H groups in total. The third kappa shape index (κ3) is 36.2. The number of rotatable bonds is 12. The standard InChI is InChI=1S/C10H22N2.C9H16N2S.C8H18.C8H16.C7H16/c1-9(2)11-5-7-12(8-6-11)10(3)4;1-6(2)8-5-12-9(11-8)10-7(3)4;2*1-7(2)5-6-8(3)4;1-6(2)5-7(3)4/h9-10H,5-8H2,1-4H3;5-7H,1-4H3,(H,10,11);7-8H,5-6H2,1-4H3;5-8H,1-4H3;6-7H,5H2,1-4H3/b;;;6-5+;. The third-order valence-corrected chi connectivity index (χ3v) is 8.27. The molecule has 2 rings (SSSR count). The normalized spacial score (nSPS) is 14.3. The third-order valence-electron chi connectivity index (χ3n) is 7.48. The largest absolute Gasteiger partial charge is 0.359 e. The lowest BCUT2D eigenvalue weighted by atomic mass is 10.0. The van der Waals surface area contributed by atoms with E-state index < -0.39 is 0 Å². The highest BCUT2D eigenvalue weighted by Gasteiger charge is 2.19. The summed E-state index contributed by atoms with van der Waals surface area (Å²) >= 11 is 1.68. The van der Waals surface area contributed by atoms with Gasteiger partial charge in [-0.05, 0) is 89.4 Å². The van der Waals surface area contributed by atoms with Crippen molar-refractivity contribution < 1.29 is 0 Å². The molecule has 282 valence electrons. The van der Waals surface area contributed by atoms with E-state index in [2.05, 4.69) is 176 Å². The Morgan fingerprint density at radius 3 is 1.15 bits per heavy atom. The van der Waals surface area contributed by atoms with E-state index in [9.17, 15) is 0 Å². The molecular weight excluding hydrogens is 593 g/mol. The molecule has 47 heavy (non-hydrogen) atoms. The molecule has 1 aromatic rings. The van der Waals surface area contributed by atoms with E-state index in [1.54, 1.807) is 11.3 Å². The van der Waals surface area contributed by atoms with Crippen LogP contribution in [0.4, 0.5) is 5.13 Å². The van der Waals surface area contributed by atoms with Gasteiger partial charge in [0.05, 0.1) is 5.69 Å². The predicted octanol–water partition coefficient (Wildman–Crippen LogP) is 13.1. The summed E-state index contributed by atoms with van der Waals surface area (Å²) in [5.41, 5.74) is 1.18. The second kappa shape index (κ2) is 30.0. The number of hydrogen-bond acceptors (Lipinski definition) is 5. The van der Waals surface area contributed by atoms with Gasteiger partial charge in [0.15, 0.2) is 5.13 Å². The predicted molar refractivity (Wildman–Crippen MR) is 220 cm³/mol. The Hall–Kier alpha value is -0.910. The molecule has 1 fully saturated rings. The van der Waals surface area contributed by atoms with Crippen LogP contribution in [-0.4, -0.2) is 59.1 Å². The van der Waals surface area contributed by atoms with Gasteiger partial charge in [-0.25, -0.2) is 4.98 Å². The summed E-state index contributed by atoms with van der Waals surface area (Å²) in [6.07, 6.45) is 8.62. The Bertz CT molecular complexity index is 770. The summed E-state index contributed by atoms with van der Waals surface area (Å²) in [5, 5.41) is 6.44. The number of anilines is 1. The zero-order chi connectivity index (χ0) is 37.3. The van der Waals surface area contributed by atoms with Gasteiger partial charge in [0.25, 0.3) is 0 Å². The Balaban J connectivity index is -0.000000526. The Morgan fingerprint density at radius 2 is 0.957 bits per heavy atom. The lowest BCUT2D eigenvalue weighted by Gasteiger charge is -2.38. The van der Waals surface area contributed by atoms with Crippen molar-refractivity contribution in [1.82, 2.24) is 14.8 Å². The molecule has 0 radical (unpaired) electrons. The number of nitrogens with one attached hydrogen (secondary N) is 1. The highest BCUT2D eigenvalue weighted by atomic mass is 32.1. The van der Waals surface area contributed by atoms with Gasteiger partial charge in [0, 0.05) is 49.7 Å². The molecule has 1 saturated heterocycles. The number of piperazine rings is 1. The van der Waals surface area contributed by atoms with Gasteiger partial charge < -0.3 is 5.32 Å². The SMILES string of the molecule is CC(C)/C=C/C(C)C.CC(C)CC(C)C.CC(C)CCC(C)C.CC(C)N1CCN(C(C)C)CC1.CC(C)Nc1nc(C(C)C)cs1. The van der Waals surface area contributed by atoms with Crippen LogP contribution < -0.4 is 5.32 Å². The van der Waals surface area contributed by atoms with E-state index in [-0.39, 0.29) is 0 Å².